The molecule has 1 aliphatic rings. The fourth-order valence-electron chi connectivity index (χ4n) is 4.38. The summed E-state index contributed by atoms with van der Waals surface area (Å²) in [4.78, 5) is 17.2. The number of carbonyl (C=O) groups is 1. The molecule has 1 amide bonds. The van der Waals surface area contributed by atoms with Crippen LogP contribution in [-0.4, -0.2) is 56.4 Å². The zero-order valence-corrected chi connectivity index (χ0v) is 22.9. The summed E-state index contributed by atoms with van der Waals surface area (Å²) in [6, 6.07) is 11.9. The van der Waals surface area contributed by atoms with Crippen LogP contribution < -0.4 is 15.4 Å². The first-order valence-electron chi connectivity index (χ1n) is 12.3. The number of nitrogens with zero attached hydrogens (tertiary/aromatic N) is 2. The van der Waals surface area contributed by atoms with Crippen molar-refractivity contribution in [1.29, 1.82) is 0 Å². The molecule has 1 atom stereocenters. The number of benzene rings is 2. The highest BCUT2D eigenvalue weighted by Gasteiger charge is 2.33. The number of hydrogen-bond acceptors (Lipinski definition) is 6. The number of piperidine rings is 1. The molecule has 0 aliphatic carbocycles. The highest BCUT2D eigenvalue weighted by molar-refractivity contribution is 7.89. The van der Waals surface area contributed by atoms with E-state index in [1.54, 1.807) is 12.3 Å². The average Bonchev–Trinajstić information content (AvgIpc) is 2.89. The Bertz CT molecular complexity index is 1370. The number of anilines is 1. The monoisotopic (exact) mass is 564 g/mol. The maximum Gasteiger partial charge on any atom is 0.243 e. The third-order valence-electron chi connectivity index (χ3n) is 6.27. The van der Waals surface area contributed by atoms with Crippen molar-refractivity contribution in [3.8, 4) is 5.75 Å². The molecule has 8 nitrogen and oxygen atoms in total. The van der Waals surface area contributed by atoms with Gasteiger partial charge in [0, 0.05) is 48.5 Å². The van der Waals surface area contributed by atoms with Gasteiger partial charge in [0.25, 0.3) is 0 Å². The van der Waals surface area contributed by atoms with Gasteiger partial charge in [-0.15, -0.1) is 0 Å². The number of rotatable bonds is 10. The Morgan fingerprint density at radius 3 is 2.78 bits per heavy atom. The number of fused-ring (bicyclic) bond motifs is 1. The fraction of sp³-hybridized carbons (Fsp3) is 0.385. The Balaban J connectivity index is 1.28. The summed E-state index contributed by atoms with van der Waals surface area (Å²) < 4.78 is 33.2. The molecule has 198 valence electrons. The summed E-state index contributed by atoms with van der Waals surface area (Å²) in [5, 5.41) is 8.20. The molecule has 11 heteroatoms. The van der Waals surface area contributed by atoms with Crippen molar-refractivity contribution in [2.45, 2.75) is 31.1 Å². The van der Waals surface area contributed by atoms with Crippen LogP contribution in [0, 0.1) is 5.92 Å². The third-order valence-corrected chi connectivity index (χ3v) is 8.66. The minimum absolute atomic E-state index is 0.0963. The van der Waals surface area contributed by atoms with Gasteiger partial charge in [0.2, 0.25) is 15.9 Å². The van der Waals surface area contributed by atoms with Crippen LogP contribution in [0.25, 0.3) is 10.9 Å². The number of nitrogens with one attached hydrogen (secondary N) is 2. The first kappa shape index (κ1) is 27.4. The maximum absolute atomic E-state index is 13.2. The van der Waals surface area contributed by atoms with Crippen molar-refractivity contribution in [3.63, 3.8) is 0 Å². The smallest absolute Gasteiger partial charge is 0.243 e. The number of ether oxygens (including phenoxy) is 1. The molecule has 1 saturated heterocycles. The molecular weight excluding hydrogens is 535 g/mol. The molecular formula is C26H30Cl2N4O4S. The number of sulfonamides is 1. The summed E-state index contributed by atoms with van der Waals surface area (Å²) in [6.07, 6.45) is 3.70. The number of carbonyl (C=O) groups excluding carboxylic acids is 1. The molecule has 3 aromatic rings. The van der Waals surface area contributed by atoms with E-state index >= 15 is 0 Å². The van der Waals surface area contributed by atoms with Crippen molar-refractivity contribution in [2.24, 2.45) is 5.92 Å². The van der Waals surface area contributed by atoms with Crippen molar-refractivity contribution in [2.75, 3.05) is 38.1 Å². The van der Waals surface area contributed by atoms with Gasteiger partial charge < -0.3 is 15.4 Å². The highest BCUT2D eigenvalue weighted by Crippen LogP contribution is 2.30. The molecule has 4 rings (SSSR count). The van der Waals surface area contributed by atoms with E-state index < -0.39 is 15.9 Å². The zero-order valence-electron chi connectivity index (χ0n) is 20.5. The van der Waals surface area contributed by atoms with Gasteiger partial charge in [0.15, 0.2) is 0 Å². The standard InChI is InChI=1S/C26H30Cl2N4O4S/c1-2-36-25-9-7-20(16-22(25)28)37(34,35)32-14-3-5-18(17-32)26(33)31-12-4-11-29-23-10-13-30-24-15-19(27)6-8-21(23)24/h6-10,13,15-16,18H,2-5,11-12,14,17H2,1H3,(H,29,30)(H,31,33)/t18-/m0/s1. The second kappa shape index (κ2) is 12.3. The van der Waals surface area contributed by atoms with E-state index in [9.17, 15) is 13.2 Å². The second-order valence-electron chi connectivity index (χ2n) is 8.82. The summed E-state index contributed by atoms with van der Waals surface area (Å²) in [5.74, 6) is -0.0906. The lowest BCUT2D eigenvalue weighted by Crippen LogP contribution is -2.45. The van der Waals surface area contributed by atoms with E-state index in [0.717, 1.165) is 16.6 Å². The topological polar surface area (TPSA) is 101 Å². The summed E-state index contributed by atoms with van der Waals surface area (Å²) in [5.41, 5.74) is 1.77. The van der Waals surface area contributed by atoms with E-state index in [4.69, 9.17) is 27.9 Å². The predicted octanol–water partition coefficient (Wildman–Crippen LogP) is 4.96. The highest BCUT2D eigenvalue weighted by atomic mass is 35.5. The normalized spacial score (nSPS) is 16.5. The van der Waals surface area contributed by atoms with Crippen LogP contribution in [0.2, 0.25) is 10.0 Å². The minimum Gasteiger partial charge on any atom is -0.492 e. The van der Waals surface area contributed by atoms with Crippen molar-refractivity contribution in [1.82, 2.24) is 14.6 Å². The van der Waals surface area contributed by atoms with Crippen LogP contribution in [0.3, 0.4) is 0 Å². The van der Waals surface area contributed by atoms with Crippen LogP contribution >= 0.6 is 23.2 Å². The first-order valence-corrected chi connectivity index (χ1v) is 14.5. The largest absolute Gasteiger partial charge is 0.492 e. The van der Waals surface area contributed by atoms with E-state index in [0.29, 0.717) is 56.3 Å². The van der Waals surface area contributed by atoms with E-state index in [1.807, 2.05) is 31.2 Å². The molecule has 2 N–H and O–H groups in total. The number of pyridine rings is 1. The molecule has 2 aromatic carbocycles. The second-order valence-corrected chi connectivity index (χ2v) is 11.6. The van der Waals surface area contributed by atoms with E-state index in [1.165, 1.54) is 16.4 Å². The number of aromatic nitrogens is 1. The molecule has 0 radical (unpaired) electrons. The van der Waals surface area contributed by atoms with Gasteiger partial charge in [0.05, 0.1) is 28.0 Å². The Kier molecular flexibility index (Phi) is 9.13. The molecule has 0 bridgehead atoms. The van der Waals surface area contributed by atoms with Crippen molar-refractivity contribution >= 4 is 55.7 Å². The van der Waals surface area contributed by atoms with E-state index in [2.05, 4.69) is 15.6 Å². The number of amides is 1. The van der Waals surface area contributed by atoms with Gasteiger partial charge in [-0.3, -0.25) is 9.78 Å². The Morgan fingerprint density at radius 2 is 2.00 bits per heavy atom. The Morgan fingerprint density at radius 1 is 1.16 bits per heavy atom. The Hall–Kier alpha value is -2.59. The first-order chi connectivity index (χ1) is 17.8. The van der Waals surface area contributed by atoms with Gasteiger partial charge in [-0.25, -0.2) is 8.42 Å². The molecule has 2 heterocycles. The van der Waals surface area contributed by atoms with E-state index in [-0.39, 0.29) is 22.4 Å². The molecule has 0 saturated carbocycles. The quantitative estimate of drug-likeness (QED) is 0.337. The minimum atomic E-state index is -3.77. The van der Waals surface area contributed by atoms with Gasteiger partial charge in [-0.05, 0) is 68.7 Å². The van der Waals surface area contributed by atoms with Gasteiger partial charge in [-0.2, -0.15) is 4.31 Å². The van der Waals surface area contributed by atoms with Gasteiger partial charge >= 0.3 is 0 Å². The fourth-order valence-corrected chi connectivity index (χ4v) is 6.40. The lowest BCUT2D eigenvalue weighted by atomic mass is 9.99. The molecule has 1 aromatic heterocycles. The van der Waals surface area contributed by atoms with Gasteiger partial charge in [0.1, 0.15) is 5.75 Å². The predicted molar refractivity (Wildman–Crippen MR) is 147 cm³/mol. The summed E-state index contributed by atoms with van der Waals surface area (Å²) in [6.45, 7) is 3.91. The van der Waals surface area contributed by atoms with Crippen LogP contribution in [0.4, 0.5) is 5.69 Å². The van der Waals surface area contributed by atoms with Crippen molar-refractivity contribution in [3.05, 3.63) is 58.7 Å². The number of halogens is 2. The Labute approximate surface area is 227 Å². The third kappa shape index (κ3) is 6.65. The maximum atomic E-state index is 13.2. The summed E-state index contributed by atoms with van der Waals surface area (Å²) in [7, 11) is -3.77. The van der Waals surface area contributed by atoms with Crippen LogP contribution in [-0.2, 0) is 14.8 Å². The lowest BCUT2D eigenvalue weighted by Gasteiger charge is -2.31. The zero-order chi connectivity index (χ0) is 26.4. The molecule has 1 fully saturated rings. The van der Waals surface area contributed by atoms with Crippen molar-refractivity contribution < 1.29 is 17.9 Å². The molecule has 37 heavy (non-hydrogen) atoms. The van der Waals surface area contributed by atoms with Crippen LogP contribution in [0.1, 0.15) is 26.2 Å². The lowest BCUT2D eigenvalue weighted by molar-refractivity contribution is -0.126. The molecule has 1 aliphatic heterocycles. The number of hydrogen-bond donors (Lipinski definition) is 2. The van der Waals surface area contributed by atoms with Crippen LogP contribution in [0.5, 0.6) is 5.75 Å². The van der Waals surface area contributed by atoms with Crippen LogP contribution in [0.15, 0.2) is 53.6 Å². The summed E-state index contributed by atoms with van der Waals surface area (Å²) >= 11 is 12.3. The SMILES string of the molecule is CCOc1ccc(S(=O)(=O)N2CCC[C@H](C(=O)NCCCNc3ccnc4cc(Cl)ccc34)C2)cc1Cl. The molecule has 0 unspecified atom stereocenters. The average molecular weight is 566 g/mol. The molecule has 0 spiro atoms. The van der Waals surface area contributed by atoms with Gasteiger partial charge in [-0.1, -0.05) is 23.2 Å².